The van der Waals surface area contributed by atoms with E-state index in [1.54, 1.807) is 24.3 Å². The first kappa shape index (κ1) is 19.7. The maximum Gasteiger partial charge on any atom is 0.416 e. The molecule has 0 radical (unpaired) electrons. The smallest absolute Gasteiger partial charge is 0.416 e. The van der Waals surface area contributed by atoms with E-state index in [1.165, 1.54) is 6.26 Å². The third-order valence-corrected chi connectivity index (χ3v) is 3.36. The van der Waals surface area contributed by atoms with Gasteiger partial charge in [-0.05, 0) is 29.3 Å². The van der Waals surface area contributed by atoms with E-state index >= 15 is 0 Å². The lowest BCUT2D eigenvalue weighted by molar-refractivity contribution is -0.143. The van der Waals surface area contributed by atoms with Crippen molar-refractivity contribution in [1.82, 2.24) is 0 Å². The van der Waals surface area contributed by atoms with Crippen LogP contribution in [0.1, 0.15) is 22.3 Å². The Kier molecular flexibility index (Phi) is 5.84. The number of rotatable bonds is 6. The fraction of sp³-hybridized carbons (Fsp3) is 0.222. The Bertz CT molecular complexity index is 716. The molecule has 0 aliphatic rings. The van der Waals surface area contributed by atoms with Gasteiger partial charge in [0.2, 0.25) is 0 Å². The molecule has 0 heterocycles. The standard InChI is InChI=1S/C18H14F6O2/c1-2-25-10-12-3-5-13(6-4-12)11-26-16-8-14(17(19,20)21)7-15(9-16)18(22,23)24/h2-9H,1,10-11H2. The molecule has 140 valence electrons. The topological polar surface area (TPSA) is 18.5 Å². The molecule has 0 amide bonds. The van der Waals surface area contributed by atoms with Crippen LogP contribution in [-0.4, -0.2) is 0 Å². The summed E-state index contributed by atoms with van der Waals surface area (Å²) in [4.78, 5) is 0. The molecule has 0 aliphatic heterocycles. The second-order valence-electron chi connectivity index (χ2n) is 5.32. The molecule has 8 heteroatoms. The van der Waals surface area contributed by atoms with Gasteiger partial charge in [-0.3, -0.25) is 0 Å². The maximum atomic E-state index is 12.8. The number of halogens is 6. The molecule has 2 aromatic rings. The van der Waals surface area contributed by atoms with Crippen LogP contribution >= 0.6 is 0 Å². The Morgan fingerprint density at radius 2 is 1.23 bits per heavy atom. The van der Waals surface area contributed by atoms with Crippen LogP contribution in [0.3, 0.4) is 0 Å². The Morgan fingerprint density at radius 3 is 1.65 bits per heavy atom. The molecular formula is C18H14F6O2. The van der Waals surface area contributed by atoms with Crippen LogP contribution in [0.5, 0.6) is 5.75 Å². The number of ether oxygens (including phenoxy) is 2. The average molecular weight is 376 g/mol. The lowest BCUT2D eigenvalue weighted by Crippen LogP contribution is -2.11. The lowest BCUT2D eigenvalue weighted by atomic mass is 10.1. The monoisotopic (exact) mass is 376 g/mol. The predicted molar refractivity (Wildman–Crippen MR) is 82.2 cm³/mol. The molecule has 0 aliphatic carbocycles. The summed E-state index contributed by atoms with van der Waals surface area (Å²) in [6.45, 7) is 3.52. The lowest BCUT2D eigenvalue weighted by Gasteiger charge is -2.15. The van der Waals surface area contributed by atoms with E-state index < -0.39 is 29.2 Å². The molecular weight excluding hydrogens is 362 g/mol. The molecule has 0 saturated carbocycles. The zero-order valence-electron chi connectivity index (χ0n) is 13.3. The molecule has 2 rings (SSSR count). The molecule has 0 spiro atoms. The van der Waals surface area contributed by atoms with Gasteiger partial charge in [0.1, 0.15) is 19.0 Å². The van der Waals surface area contributed by atoms with Crippen molar-refractivity contribution in [3.63, 3.8) is 0 Å². The van der Waals surface area contributed by atoms with E-state index in [9.17, 15) is 26.3 Å². The van der Waals surface area contributed by atoms with Crippen LogP contribution in [0, 0.1) is 0 Å². The quantitative estimate of drug-likeness (QED) is 0.457. The summed E-state index contributed by atoms with van der Waals surface area (Å²) in [5.41, 5.74) is -1.43. The summed E-state index contributed by atoms with van der Waals surface area (Å²) in [5.74, 6) is -0.508. The average Bonchev–Trinajstić information content (AvgIpc) is 2.57. The third-order valence-electron chi connectivity index (χ3n) is 3.36. The van der Waals surface area contributed by atoms with Crippen molar-refractivity contribution in [1.29, 1.82) is 0 Å². The van der Waals surface area contributed by atoms with Crippen LogP contribution in [0.2, 0.25) is 0 Å². The minimum absolute atomic E-state index is 0.0568. The van der Waals surface area contributed by atoms with E-state index in [1.807, 2.05) is 0 Å². The normalized spacial score (nSPS) is 11.9. The van der Waals surface area contributed by atoms with Gasteiger partial charge in [-0.25, -0.2) is 0 Å². The zero-order valence-corrected chi connectivity index (χ0v) is 13.3. The van der Waals surface area contributed by atoms with Gasteiger partial charge in [0.05, 0.1) is 17.4 Å². The molecule has 2 nitrogen and oxygen atoms in total. The molecule has 2 aromatic carbocycles. The number of alkyl halides is 6. The van der Waals surface area contributed by atoms with E-state index in [0.717, 1.165) is 5.56 Å². The van der Waals surface area contributed by atoms with E-state index in [-0.39, 0.29) is 12.7 Å². The van der Waals surface area contributed by atoms with Gasteiger partial charge in [-0.15, -0.1) is 0 Å². The van der Waals surface area contributed by atoms with Gasteiger partial charge in [-0.1, -0.05) is 30.8 Å². The molecule has 0 atom stereocenters. The van der Waals surface area contributed by atoms with Gasteiger partial charge in [0.15, 0.2) is 0 Å². The summed E-state index contributed by atoms with van der Waals surface area (Å²) in [5, 5.41) is 0. The zero-order chi connectivity index (χ0) is 19.4. The van der Waals surface area contributed by atoms with Crippen LogP contribution in [0.15, 0.2) is 55.3 Å². The Hall–Kier alpha value is -2.64. The first-order valence-electron chi connectivity index (χ1n) is 7.32. The Labute approximate surface area is 145 Å². The van der Waals surface area contributed by atoms with Crippen molar-refractivity contribution < 1.29 is 35.8 Å². The largest absolute Gasteiger partial charge is 0.497 e. The summed E-state index contributed by atoms with van der Waals surface area (Å²) in [6.07, 6.45) is -8.54. The minimum atomic E-state index is -4.91. The van der Waals surface area contributed by atoms with Crippen LogP contribution in [0.25, 0.3) is 0 Å². The first-order chi connectivity index (χ1) is 12.1. The highest BCUT2D eigenvalue weighted by Gasteiger charge is 2.37. The fourth-order valence-electron chi connectivity index (χ4n) is 2.06. The van der Waals surface area contributed by atoms with Crippen molar-refractivity contribution >= 4 is 0 Å². The second-order valence-corrected chi connectivity index (χ2v) is 5.32. The van der Waals surface area contributed by atoms with Crippen molar-refractivity contribution in [3.8, 4) is 5.75 Å². The van der Waals surface area contributed by atoms with Crippen molar-refractivity contribution in [2.24, 2.45) is 0 Å². The predicted octanol–water partition coefficient (Wildman–Crippen LogP) is 5.96. The van der Waals surface area contributed by atoms with Gasteiger partial charge < -0.3 is 9.47 Å². The maximum absolute atomic E-state index is 12.8. The molecule has 26 heavy (non-hydrogen) atoms. The SMILES string of the molecule is C=COCc1ccc(COc2cc(C(F)(F)F)cc(C(F)(F)F)c2)cc1. The molecule has 0 N–H and O–H groups in total. The molecule has 0 fully saturated rings. The summed E-state index contributed by atoms with van der Waals surface area (Å²) >= 11 is 0. The second kappa shape index (κ2) is 7.72. The van der Waals surface area contributed by atoms with E-state index in [4.69, 9.17) is 9.47 Å². The highest BCUT2D eigenvalue weighted by Crippen LogP contribution is 2.38. The summed E-state index contributed by atoms with van der Waals surface area (Å²) in [6, 6.07) is 7.83. The number of hydrogen-bond donors (Lipinski definition) is 0. The third kappa shape index (κ3) is 5.44. The fourth-order valence-corrected chi connectivity index (χ4v) is 2.06. The number of benzene rings is 2. The van der Waals surface area contributed by atoms with Crippen LogP contribution < -0.4 is 4.74 Å². The highest BCUT2D eigenvalue weighted by atomic mass is 19.4. The van der Waals surface area contributed by atoms with Gasteiger partial charge in [0.25, 0.3) is 0 Å². The highest BCUT2D eigenvalue weighted by molar-refractivity contribution is 5.37. The van der Waals surface area contributed by atoms with Gasteiger partial charge in [0, 0.05) is 0 Å². The van der Waals surface area contributed by atoms with E-state index in [2.05, 4.69) is 6.58 Å². The Balaban J connectivity index is 2.16. The van der Waals surface area contributed by atoms with Crippen molar-refractivity contribution in [2.75, 3.05) is 0 Å². The molecule has 0 unspecified atom stereocenters. The molecule has 0 aromatic heterocycles. The molecule has 0 saturated heterocycles. The minimum Gasteiger partial charge on any atom is -0.497 e. The van der Waals surface area contributed by atoms with Gasteiger partial charge >= 0.3 is 12.4 Å². The summed E-state index contributed by atoms with van der Waals surface area (Å²) in [7, 11) is 0. The van der Waals surface area contributed by atoms with Crippen molar-refractivity contribution in [3.05, 3.63) is 77.6 Å². The van der Waals surface area contributed by atoms with Gasteiger partial charge in [-0.2, -0.15) is 26.3 Å². The first-order valence-corrected chi connectivity index (χ1v) is 7.32. The van der Waals surface area contributed by atoms with E-state index in [0.29, 0.717) is 24.3 Å². The number of hydrogen-bond acceptors (Lipinski definition) is 2. The summed E-state index contributed by atoms with van der Waals surface area (Å²) < 4.78 is 87.0. The van der Waals surface area contributed by atoms with Crippen LogP contribution in [0.4, 0.5) is 26.3 Å². The molecule has 0 bridgehead atoms. The Morgan fingerprint density at radius 1 is 0.769 bits per heavy atom. The van der Waals surface area contributed by atoms with Crippen LogP contribution in [-0.2, 0) is 30.3 Å². The van der Waals surface area contributed by atoms with Crippen molar-refractivity contribution in [2.45, 2.75) is 25.6 Å².